The van der Waals surface area contributed by atoms with Gasteiger partial charge in [-0.3, -0.25) is 0 Å². The van der Waals surface area contributed by atoms with Crippen LogP contribution in [-0.2, 0) is 11.2 Å². The monoisotopic (exact) mass is 551 g/mol. The van der Waals surface area contributed by atoms with E-state index in [1.165, 1.54) is 12.3 Å². The van der Waals surface area contributed by atoms with Crippen LogP contribution in [0.1, 0.15) is 71.2 Å². The van der Waals surface area contributed by atoms with Crippen LogP contribution in [0.5, 0.6) is 0 Å². The Bertz CT molecular complexity index is 1110. The van der Waals surface area contributed by atoms with E-state index in [-0.39, 0.29) is 17.3 Å². The lowest BCUT2D eigenvalue weighted by Crippen LogP contribution is -2.50. The molecule has 2 unspecified atom stereocenters. The fourth-order valence-corrected chi connectivity index (χ4v) is 4.85. The van der Waals surface area contributed by atoms with Crippen LogP contribution in [0.25, 0.3) is 0 Å². The molecule has 1 aromatic heterocycles. The Morgan fingerprint density at radius 1 is 1.32 bits per heavy atom. The predicted molar refractivity (Wildman–Crippen MR) is 147 cm³/mol. The summed E-state index contributed by atoms with van der Waals surface area (Å²) in [6.45, 7) is 7.78. The number of aliphatic hydroxyl groups is 1. The normalized spacial score (nSPS) is 19.7. The summed E-state index contributed by atoms with van der Waals surface area (Å²) in [6.07, 6.45) is 9.20. The molecule has 0 saturated carbocycles. The minimum atomic E-state index is -4.87. The highest BCUT2D eigenvalue weighted by Gasteiger charge is 2.56. The minimum absolute atomic E-state index is 0.219. The molecule has 38 heavy (non-hydrogen) atoms. The number of aromatic amines is 1. The lowest BCUT2D eigenvalue weighted by atomic mass is 9.69. The van der Waals surface area contributed by atoms with Crippen LogP contribution in [0.15, 0.2) is 51.9 Å². The van der Waals surface area contributed by atoms with Crippen molar-refractivity contribution in [3.63, 3.8) is 0 Å². The topological polar surface area (TPSA) is 81.4 Å². The summed E-state index contributed by atoms with van der Waals surface area (Å²) in [6, 6.07) is 5.03. The Hall–Kier alpha value is -2.94. The second-order valence-electron chi connectivity index (χ2n) is 9.44. The Kier molecular flexibility index (Phi) is 12.9. The number of terminal acetylenes is 1. The first-order chi connectivity index (χ1) is 17.9. The zero-order chi connectivity index (χ0) is 29.0. The summed E-state index contributed by atoms with van der Waals surface area (Å²) < 4.78 is 48.9. The molecule has 5 nitrogen and oxygen atoms in total. The van der Waals surface area contributed by atoms with Crippen LogP contribution in [-0.4, -0.2) is 40.6 Å². The third-order valence-corrected chi connectivity index (χ3v) is 6.75. The number of alkyl halides is 4. The average Bonchev–Trinajstić information content (AvgIpc) is 3.51. The van der Waals surface area contributed by atoms with Gasteiger partial charge in [0.05, 0.1) is 18.5 Å². The molecule has 208 valence electrons. The van der Waals surface area contributed by atoms with Crippen molar-refractivity contribution < 1.29 is 23.0 Å². The Morgan fingerprint density at radius 2 is 2.00 bits per heavy atom. The van der Waals surface area contributed by atoms with Crippen molar-refractivity contribution >= 4 is 17.8 Å². The smallest absolute Gasteiger partial charge is 0.417 e. The van der Waals surface area contributed by atoms with Gasteiger partial charge in [-0.05, 0) is 61.0 Å². The summed E-state index contributed by atoms with van der Waals surface area (Å²) in [4.78, 5) is 6.94. The van der Waals surface area contributed by atoms with Gasteiger partial charge >= 0.3 is 6.18 Å². The number of aliphatic imine (C=N–C) groups is 1. The zero-order valence-corrected chi connectivity index (χ0v) is 23.2. The molecule has 0 aromatic carbocycles. The molecule has 9 heteroatoms. The van der Waals surface area contributed by atoms with E-state index in [0.29, 0.717) is 49.3 Å². The number of rotatable bonds is 11. The molecular formula is C29H37ClF3N3O2. The molecular weight excluding hydrogens is 515 g/mol. The van der Waals surface area contributed by atoms with Gasteiger partial charge in [0.1, 0.15) is 17.5 Å². The van der Waals surface area contributed by atoms with Gasteiger partial charge in [0.25, 0.3) is 0 Å². The maximum Gasteiger partial charge on any atom is 0.417 e. The molecule has 0 spiro atoms. The van der Waals surface area contributed by atoms with E-state index in [2.05, 4.69) is 22.8 Å². The van der Waals surface area contributed by atoms with Crippen LogP contribution in [0.2, 0.25) is 0 Å². The van der Waals surface area contributed by atoms with E-state index in [0.717, 1.165) is 5.57 Å². The van der Waals surface area contributed by atoms with Gasteiger partial charge < -0.3 is 14.8 Å². The van der Waals surface area contributed by atoms with E-state index >= 15 is 0 Å². The summed E-state index contributed by atoms with van der Waals surface area (Å²) in [7, 11) is 0. The van der Waals surface area contributed by atoms with Crippen LogP contribution in [0.4, 0.5) is 13.2 Å². The van der Waals surface area contributed by atoms with Crippen molar-refractivity contribution in [2.45, 2.75) is 78.0 Å². The third kappa shape index (κ3) is 8.55. The zero-order valence-electron chi connectivity index (χ0n) is 22.5. The molecule has 0 aliphatic carbocycles. The van der Waals surface area contributed by atoms with E-state index in [4.69, 9.17) is 21.6 Å². The largest absolute Gasteiger partial charge is 0.493 e. The van der Waals surface area contributed by atoms with Crippen LogP contribution < -0.4 is 0 Å². The number of halogens is 4. The van der Waals surface area contributed by atoms with E-state index in [1.54, 1.807) is 26.0 Å². The van der Waals surface area contributed by atoms with Gasteiger partial charge in [-0.15, -0.1) is 24.4 Å². The molecule has 1 aliphatic rings. The third-order valence-electron chi connectivity index (χ3n) is 6.60. The van der Waals surface area contributed by atoms with E-state index in [1.807, 2.05) is 26.0 Å². The van der Waals surface area contributed by atoms with Crippen LogP contribution in [0.3, 0.4) is 0 Å². The van der Waals surface area contributed by atoms with Gasteiger partial charge in [0.15, 0.2) is 5.60 Å². The maximum atomic E-state index is 14.4. The number of allylic oxidation sites excluding steroid dienone is 5. The number of nitrogens with one attached hydrogen (secondary N) is 1. The maximum absolute atomic E-state index is 14.4. The molecule has 1 aliphatic heterocycles. The molecule has 0 amide bonds. The summed E-state index contributed by atoms with van der Waals surface area (Å²) >= 11 is 5.87. The first-order valence-electron chi connectivity index (χ1n) is 12.5. The Labute approximate surface area is 229 Å². The number of nitriles is 1. The molecule has 1 fully saturated rings. The number of ether oxygens (including phenoxy) is 1. The fraction of sp³-hybridized carbons (Fsp3) is 0.517. The second-order valence-corrected chi connectivity index (χ2v) is 9.74. The summed E-state index contributed by atoms with van der Waals surface area (Å²) in [5.74, 6) is 0.873. The fourth-order valence-electron chi connectivity index (χ4n) is 4.66. The summed E-state index contributed by atoms with van der Waals surface area (Å²) in [5, 5.41) is 20.2. The van der Waals surface area contributed by atoms with Gasteiger partial charge in [-0.25, -0.2) is 4.99 Å². The van der Waals surface area contributed by atoms with Gasteiger partial charge in [0.2, 0.25) is 0 Å². The molecule has 0 radical (unpaired) electrons. The highest BCUT2D eigenvalue weighted by Crippen LogP contribution is 2.49. The second kappa shape index (κ2) is 14.9. The highest BCUT2D eigenvalue weighted by molar-refractivity contribution is 6.19. The standard InChI is InChI=1S/C27H35ClF3N3O2.C2H2/c1-5-7-22(16-32)33-17-23-9-8-21(34-23)15-26(35,27(29,30)31)18-25(4,12-6-2)19(3)24-20(10-13-28)11-14-36-24;1-2/h7-10,17,34-35H,5-6,11-15,18H2,1-4H3;1-2H/b20-10-,22-7-,24-19-,33-17?;. The van der Waals surface area contributed by atoms with Gasteiger partial charge in [-0.2, -0.15) is 18.4 Å². The van der Waals surface area contributed by atoms with Crippen molar-refractivity contribution in [3.8, 4) is 18.9 Å². The van der Waals surface area contributed by atoms with Crippen LogP contribution >= 0.6 is 11.6 Å². The van der Waals surface area contributed by atoms with E-state index < -0.39 is 30.0 Å². The number of H-pyrrole nitrogens is 1. The minimum Gasteiger partial charge on any atom is -0.493 e. The lowest BCUT2D eigenvalue weighted by molar-refractivity contribution is -0.269. The first-order valence-corrected chi connectivity index (χ1v) is 13.0. The highest BCUT2D eigenvalue weighted by atomic mass is 35.5. The molecule has 2 heterocycles. The van der Waals surface area contributed by atoms with Crippen molar-refractivity contribution in [3.05, 3.63) is 58.3 Å². The van der Waals surface area contributed by atoms with Crippen LogP contribution in [0, 0.1) is 29.6 Å². The summed E-state index contributed by atoms with van der Waals surface area (Å²) in [5.41, 5.74) is -1.49. The van der Waals surface area contributed by atoms with Crippen molar-refractivity contribution in [1.29, 1.82) is 5.26 Å². The molecule has 2 atom stereocenters. The molecule has 2 rings (SSSR count). The van der Waals surface area contributed by atoms with Crippen molar-refractivity contribution in [1.82, 2.24) is 4.98 Å². The molecule has 2 N–H and O–H groups in total. The van der Waals surface area contributed by atoms with E-state index in [9.17, 15) is 18.3 Å². The SMILES string of the molecule is C#C.CC/C=C(/C#N)N=Cc1ccc(CC(O)(CC(C)(CCC)/C(C)=C2\OCC\C2=C\CCl)C(F)(F)F)[nH]1. The average molecular weight is 552 g/mol. The van der Waals surface area contributed by atoms with Crippen molar-refractivity contribution in [2.24, 2.45) is 10.4 Å². The Morgan fingerprint density at radius 3 is 2.55 bits per heavy atom. The number of aromatic nitrogens is 1. The quantitative estimate of drug-likeness (QED) is 0.130. The van der Waals surface area contributed by atoms with Crippen molar-refractivity contribution in [2.75, 3.05) is 12.5 Å². The number of hydrogen-bond donors (Lipinski definition) is 2. The van der Waals surface area contributed by atoms with Gasteiger partial charge in [-0.1, -0.05) is 33.3 Å². The molecule has 1 saturated heterocycles. The lowest BCUT2D eigenvalue weighted by Gasteiger charge is -2.40. The predicted octanol–water partition coefficient (Wildman–Crippen LogP) is 7.39. The molecule has 1 aromatic rings. The first kappa shape index (κ1) is 33.1. The number of nitrogens with zero attached hydrogens (tertiary/aromatic N) is 2. The molecule has 0 bridgehead atoms. The Balaban J connectivity index is 0.00000352. The number of hydrogen-bond acceptors (Lipinski definition) is 4. The van der Waals surface area contributed by atoms with Gasteiger partial charge in [0, 0.05) is 24.4 Å².